The van der Waals surface area contributed by atoms with Crippen molar-refractivity contribution in [2.45, 2.75) is 52.9 Å². The molecule has 2 atom stereocenters. The molecule has 1 heterocycles. The van der Waals surface area contributed by atoms with Crippen LogP contribution in [0, 0.1) is 0 Å². The molecule has 1 aromatic heterocycles. The van der Waals surface area contributed by atoms with E-state index in [9.17, 15) is 14.4 Å². The molecular formula is C33H37N5O5. The highest BCUT2D eigenvalue weighted by atomic mass is 16.5. The highest BCUT2D eigenvalue weighted by molar-refractivity contribution is 6.00. The van der Waals surface area contributed by atoms with Crippen LogP contribution in [0.4, 0.5) is 11.5 Å². The Labute approximate surface area is 250 Å². The molecule has 0 radical (unpaired) electrons. The number of amides is 1. The number of carbonyl (C=O) groups is 3. The third-order valence-electron chi connectivity index (χ3n) is 6.76. The molecule has 0 saturated heterocycles. The van der Waals surface area contributed by atoms with Crippen molar-refractivity contribution in [3.63, 3.8) is 0 Å². The van der Waals surface area contributed by atoms with Crippen molar-refractivity contribution >= 4 is 39.8 Å². The summed E-state index contributed by atoms with van der Waals surface area (Å²) in [6, 6.07) is 16.4. The Hall–Kier alpha value is -4.96. The maximum Gasteiger partial charge on any atom is 0.248 e. The zero-order chi connectivity index (χ0) is 31.3. The van der Waals surface area contributed by atoms with Gasteiger partial charge in [0.1, 0.15) is 18.0 Å². The smallest absolute Gasteiger partial charge is 0.248 e. The fraction of sp³-hybridized carbons (Fsp3) is 0.273. The molecule has 10 nitrogen and oxygen atoms in total. The van der Waals surface area contributed by atoms with Crippen molar-refractivity contribution in [2.24, 2.45) is 5.73 Å². The summed E-state index contributed by atoms with van der Waals surface area (Å²) in [7, 11) is 0. The lowest BCUT2D eigenvalue weighted by atomic mass is 9.99. The second-order valence-electron chi connectivity index (χ2n) is 10.5. The zero-order valence-electron chi connectivity index (χ0n) is 24.9. The first kappa shape index (κ1) is 31.0. The number of rotatable bonds is 12. The summed E-state index contributed by atoms with van der Waals surface area (Å²) >= 11 is 0. The number of nitrogens with two attached hydrogens (primary N) is 2. The van der Waals surface area contributed by atoms with E-state index in [0.29, 0.717) is 51.9 Å². The molecular weight excluding hydrogens is 546 g/mol. The number of pyridine rings is 1. The number of nitrogens with zero attached hydrogens (tertiary/aromatic N) is 1. The van der Waals surface area contributed by atoms with E-state index in [4.69, 9.17) is 20.9 Å². The lowest BCUT2D eigenvalue weighted by molar-refractivity contribution is -0.122. The largest absolute Gasteiger partial charge is 0.490 e. The van der Waals surface area contributed by atoms with Crippen LogP contribution >= 0.6 is 0 Å². The number of ketones is 2. The van der Waals surface area contributed by atoms with Gasteiger partial charge in [-0.25, -0.2) is 4.98 Å². The van der Waals surface area contributed by atoms with Gasteiger partial charge in [-0.1, -0.05) is 6.07 Å². The molecule has 1 amide bonds. The number of fused-ring (bicyclic) bond motifs is 1. The molecule has 224 valence electrons. The third kappa shape index (κ3) is 7.47. The molecule has 0 bridgehead atoms. The van der Waals surface area contributed by atoms with E-state index < -0.39 is 18.1 Å². The van der Waals surface area contributed by atoms with Gasteiger partial charge in [0.25, 0.3) is 0 Å². The van der Waals surface area contributed by atoms with E-state index in [0.717, 1.165) is 10.8 Å². The van der Waals surface area contributed by atoms with Gasteiger partial charge in [0.15, 0.2) is 23.1 Å². The number of aromatic nitrogens is 1. The van der Waals surface area contributed by atoms with E-state index in [1.807, 2.05) is 45.0 Å². The van der Waals surface area contributed by atoms with E-state index in [2.05, 4.69) is 15.6 Å². The average molecular weight is 584 g/mol. The Morgan fingerprint density at radius 2 is 1.58 bits per heavy atom. The van der Waals surface area contributed by atoms with Crippen molar-refractivity contribution in [3.05, 3.63) is 89.1 Å². The van der Waals surface area contributed by atoms with Gasteiger partial charge in [-0.05, 0) is 106 Å². The Morgan fingerprint density at radius 1 is 0.884 bits per heavy atom. The van der Waals surface area contributed by atoms with Crippen LogP contribution in [0.2, 0.25) is 0 Å². The molecule has 4 rings (SSSR count). The molecule has 6 N–H and O–H groups in total. The molecule has 0 aliphatic carbocycles. The molecule has 3 aromatic carbocycles. The maximum absolute atomic E-state index is 13.9. The minimum absolute atomic E-state index is 0.0783. The van der Waals surface area contributed by atoms with Crippen molar-refractivity contribution in [1.29, 1.82) is 0 Å². The average Bonchev–Trinajstić information content (AvgIpc) is 2.96. The normalized spacial score (nSPS) is 12.4. The quantitative estimate of drug-likeness (QED) is 0.128. The highest BCUT2D eigenvalue weighted by Gasteiger charge is 2.25. The highest BCUT2D eigenvalue weighted by Crippen LogP contribution is 2.34. The molecule has 2 unspecified atom stereocenters. The Kier molecular flexibility index (Phi) is 9.62. The number of hydrogen-bond donors (Lipinski definition) is 4. The summed E-state index contributed by atoms with van der Waals surface area (Å²) < 4.78 is 11.8. The summed E-state index contributed by atoms with van der Waals surface area (Å²) in [4.78, 5) is 42.3. The fourth-order valence-electron chi connectivity index (χ4n) is 4.64. The monoisotopic (exact) mass is 583 g/mol. The van der Waals surface area contributed by atoms with Crippen LogP contribution in [0.15, 0.2) is 66.9 Å². The lowest BCUT2D eigenvalue weighted by Crippen LogP contribution is -2.39. The first-order valence-electron chi connectivity index (χ1n) is 14.0. The molecule has 4 aromatic rings. The van der Waals surface area contributed by atoms with Crippen molar-refractivity contribution in [2.75, 3.05) is 17.7 Å². The van der Waals surface area contributed by atoms with Crippen LogP contribution in [0.3, 0.4) is 0 Å². The second-order valence-corrected chi connectivity index (χ2v) is 10.5. The predicted molar refractivity (Wildman–Crippen MR) is 167 cm³/mol. The van der Waals surface area contributed by atoms with Gasteiger partial charge in [-0.15, -0.1) is 0 Å². The SMILES string of the molecule is CCOc1cc(C(Nc2ccc3c(N)nccc3c2)C(=O)NC(N)c2cc(C(C)=O)cc(C(C)=O)c2)ccc1OC(C)C. The number of benzene rings is 3. The minimum atomic E-state index is -1.01. The number of Topliss-reactive ketones (excluding diaryl/α,β-unsaturated/α-hetero) is 2. The fourth-order valence-corrected chi connectivity index (χ4v) is 4.64. The molecule has 10 heteroatoms. The summed E-state index contributed by atoms with van der Waals surface area (Å²) in [5.41, 5.74) is 14.8. The van der Waals surface area contributed by atoms with Crippen molar-refractivity contribution < 1.29 is 23.9 Å². The zero-order valence-corrected chi connectivity index (χ0v) is 24.9. The molecule has 0 aliphatic heterocycles. The predicted octanol–water partition coefficient (Wildman–Crippen LogP) is 5.34. The first-order chi connectivity index (χ1) is 20.5. The number of nitrogen functional groups attached to an aromatic ring is 1. The van der Waals surface area contributed by atoms with E-state index in [1.165, 1.54) is 19.9 Å². The summed E-state index contributed by atoms with van der Waals surface area (Å²) in [5.74, 6) is 0.574. The van der Waals surface area contributed by atoms with Crippen LogP contribution in [0.5, 0.6) is 11.5 Å². The summed E-state index contributed by atoms with van der Waals surface area (Å²) in [6.45, 7) is 8.92. The van der Waals surface area contributed by atoms with Crippen molar-refractivity contribution in [3.8, 4) is 11.5 Å². The van der Waals surface area contributed by atoms with E-state index in [-0.39, 0.29) is 17.7 Å². The molecule has 0 saturated carbocycles. The van der Waals surface area contributed by atoms with Crippen LogP contribution < -0.4 is 31.6 Å². The van der Waals surface area contributed by atoms with Crippen LogP contribution in [0.1, 0.15) is 78.7 Å². The number of anilines is 2. The van der Waals surface area contributed by atoms with Gasteiger partial charge in [0.05, 0.1) is 12.7 Å². The molecule has 0 spiro atoms. The standard InChI is InChI=1S/C33H37N5O5/c1-6-42-29-17-22(7-10-28(29)43-18(2)3)30(37-26-8-9-27-21(16-26)11-12-36-32(27)35)33(41)38-31(34)25-14-23(19(4)39)13-24(15-25)20(5)40/h7-18,30-31,37H,6,34H2,1-5H3,(H2,35,36)(H,38,41). The number of hydrogen-bond acceptors (Lipinski definition) is 9. The lowest BCUT2D eigenvalue weighted by Gasteiger charge is -2.24. The van der Waals surface area contributed by atoms with E-state index >= 15 is 0 Å². The van der Waals surface area contributed by atoms with Gasteiger partial charge in [-0.3, -0.25) is 14.4 Å². The second kappa shape index (κ2) is 13.3. The maximum atomic E-state index is 13.9. The Balaban J connectivity index is 1.73. The van der Waals surface area contributed by atoms with Gasteiger partial charge >= 0.3 is 0 Å². The number of nitrogens with one attached hydrogen (secondary N) is 2. The Bertz CT molecular complexity index is 1640. The summed E-state index contributed by atoms with van der Waals surface area (Å²) in [5, 5.41) is 7.80. The molecule has 0 aliphatic rings. The van der Waals surface area contributed by atoms with Gasteiger partial charge in [0.2, 0.25) is 5.91 Å². The third-order valence-corrected chi connectivity index (χ3v) is 6.76. The topological polar surface area (TPSA) is 159 Å². The van der Waals surface area contributed by atoms with Crippen LogP contribution in [0.25, 0.3) is 10.8 Å². The van der Waals surface area contributed by atoms with Crippen LogP contribution in [-0.4, -0.2) is 35.2 Å². The number of ether oxygens (including phenoxy) is 2. The molecule has 0 fully saturated rings. The van der Waals surface area contributed by atoms with Gasteiger partial charge in [0, 0.05) is 28.4 Å². The van der Waals surface area contributed by atoms with Gasteiger partial charge in [-0.2, -0.15) is 0 Å². The first-order valence-corrected chi connectivity index (χ1v) is 14.0. The minimum Gasteiger partial charge on any atom is -0.490 e. The van der Waals surface area contributed by atoms with Crippen LogP contribution in [-0.2, 0) is 4.79 Å². The van der Waals surface area contributed by atoms with Crippen molar-refractivity contribution in [1.82, 2.24) is 10.3 Å². The summed E-state index contributed by atoms with van der Waals surface area (Å²) in [6.07, 6.45) is 0.536. The molecule has 43 heavy (non-hydrogen) atoms. The van der Waals surface area contributed by atoms with E-state index in [1.54, 1.807) is 36.5 Å². The Morgan fingerprint density at radius 3 is 2.21 bits per heavy atom. The van der Waals surface area contributed by atoms with Gasteiger partial charge < -0.3 is 31.6 Å². The number of carbonyl (C=O) groups excluding carboxylic acids is 3.